The van der Waals surface area contributed by atoms with Gasteiger partial charge in [-0.15, -0.1) is 0 Å². The van der Waals surface area contributed by atoms with E-state index in [9.17, 15) is 8.78 Å². The lowest BCUT2D eigenvalue weighted by molar-refractivity contribution is 0.0342. The van der Waals surface area contributed by atoms with Crippen LogP contribution in [0.3, 0.4) is 0 Å². The van der Waals surface area contributed by atoms with Crippen molar-refractivity contribution in [1.29, 1.82) is 0 Å². The van der Waals surface area contributed by atoms with Gasteiger partial charge in [0.2, 0.25) is 0 Å². The molecule has 0 atom stereocenters. The summed E-state index contributed by atoms with van der Waals surface area (Å²) in [5.41, 5.74) is 6.88. The highest BCUT2D eigenvalue weighted by Crippen LogP contribution is 2.28. The first-order valence-electron chi connectivity index (χ1n) is 12.6. The van der Waals surface area contributed by atoms with E-state index >= 15 is 0 Å². The molecule has 0 bridgehead atoms. The predicted molar refractivity (Wildman–Crippen MR) is 145 cm³/mol. The van der Waals surface area contributed by atoms with Crippen LogP contribution >= 0.6 is 0 Å². The van der Waals surface area contributed by atoms with Crippen molar-refractivity contribution in [1.82, 2.24) is 14.5 Å². The third-order valence-corrected chi connectivity index (χ3v) is 6.81. The van der Waals surface area contributed by atoms with Crippen molar-refractivity contribution in [2.24, 2.45) is 12.0 Å². The fourth-order valence-corrected chi connectivity index (χ4v) is 4.78. The van der Waals surface area contributed by atoms with Crippen LogP contribution in [0.4, 0.5) is 25.8 Å². The van der Waals surface area contributed by atoms with Crippen LogP contribution in [0, 0.1) is 11.6 Å². The van der Waals surface area contributed by atoms with E-state index in [0.717, 1.165) is 61.0 Å². The average Bonchev–Trinajstić information content (AvgIpc) is 2.92. The Balaban J connectivity index is 1.47. The molecule has 1 saturated heterocycles. The van der Waals surface area contributed by atoms with E-state index < -0.39 is 0 Å². The molecule has 6 nitrogen and oxygen atoms in total. The van der Waals surface area contributed by atoms with E-state index in [-0.39, 0.29) is 11.6 Å². The second kappa shape index (κ2) is 10.3. The van der Waals surface area contributed by atoms with Crippen LogP contribution in [-0.4, -0.2) is 40.8 Å². The van der Waals surface area contributed by atoms with Crippen LogP contribution < -0.4 is 10.7 Å². The van der Waals surface area contributed by atoms with E-state index in [1.807, 2.05) is 19.2 Å². The van der Waals surface area contributed by atoms with E-state index in [1.54, 1.807) is 24.3 Å². The van der Waals surface area contributed by atoms with Gasteiger partial charge in [-0.1, -0.05) is 6.07 Å². The Morgan fingerprint density at radius 3 is 2.34 bits per heavy atom. The van der Waals surface area contributed by atoms with Gasteiger partial charge in [0.05, 0.1) is 52.4 Å². The number of anilines is 2. The molecule has 8 heteroatoms. The summed E-state index contributed by atoms with van der Waals surface area (Å²) in [6.45, 7) is 4.24. The number of hydrogen-bond acceptors (Lipinski definition) is 5. The molecule has 1 aliphatic carbocycles. The second-order valence-corrected chi connectivity index (χ2v) is 9.46. The van der Waals surface area contributed by atoms with Gasteiger partial charge in [-0.2, -0.15) is 0 Å². The first kappa shape index (κ1) is 24.2. The van der Waals surface area contributed by atoms with Crippen LogP contribution in [0.1, 0.15) is 5.56 Å². The smallest absolute Gasteiger partial charge is 0.123 e. The fourth-order valence-electron chi connectivity index (χ4n) is 4.78. The van der Waals surface area contributed by atoms with Gasteiger partial charge in [-0.3, -0.25) is 4.90 Å². The fraction of sp³-hybridized carbons (Fsp3) is 0.200. The van der Waals surface area contributed by atoms with Gasteiger partial charge in [-0.05, 0) is 78.4 Å². The molecular weight excluding hydrogens is 484 g/mol. The van der Waals surface area contributed by atoms with E-state index in [2.05, 4.69) is 33.0 Å². The number of hydrogen-bond donors (Lipinski definition) is 1. The van der Waals surface area contributed by atoms with Crippen LogP contribution in [0.2, 0.25) is 0 Å². The Morgan fingerprint density at radius 1 is 0.895 bits per heavy atom. The number of nitrogens with zero attached hydrogens (tertiary/aromatic N) is 4. The van der Waals surface area contributed by atoms with Crippen molar-refractivity contribution < 1.29 is 13.5 Å². The molecule has 1 fully saturated rings. The summed E-state index contributed by atoms with van der Waals surface area (Å²) in [5.74, 6) is -0.625. The van der Waals surface area contributed by atoms with Gasteiger partial charge in [0.15, 0.2) is 0 Å². The molecule has 0 aromatic heterocycles. The van der Waals surface area contributed by atoms with Crippen molar-refractivity contribution in [2.75, 3.05) is 31.6 Å². The molecule has 6 rings (SSSR count). The maximum atomic E-state index is 13.5. The zero-order valence-electron chi connectivity index (χ0n) is 21.0. The standard InChI is InChI=1S/C30H27F2N5O/c1-36-29-11-2-20(19-37-12-14-38-15-13-37)16-27(29)35-28-17-25(33-23-7-3-21(31)4-8-23)26(18-30(28)36)34-24-9-5-22(32)6-10-24/h2-11,16-18,33H,12-15,19H2,1H3. The summed E-state index contributed by atoms with van der Waals surface area (Å²) >= 11 is 0. The molecule has 2 heterocycles. The molecule has 1 N–H and O–H groups in total. The van der Waals surface area contributed by atoms with Gasteiger partial charge in [0.1, 0.15) is 11.6 Å². The van der Waals surface area contributed by atoms with Gasteiger partial charge >= 0.3 is 0 Å². The number of aromatic nitrogens is 2. The van der Waals surface area contributed by atoms with Crippen molar-refractivity contribution in [3.05, 3.63) is 101 Å². The molecule has 0 amide bonds. The number of aryl methyl sites for hydroxylation is 1. The summed E-state index contributed by atoms with van der Waals surface area (Å²) < 4.78 is 34.6. The van der Waals surface area contributed by atoms with Gasteiger partial charge < -0.3 is 14.6 Å². The Morgan fingerprint density at radius 2 is 1.61 bits per heavy atom. The largest absolute Gasteiger partial charge is 0.379 e. The minimum Gasteiger partial charge on any atom is -0.379 e. The molecule has 0 unspecified atom stereocenters. The maximum Gasteiger partial charge on any atom is 0.123 e. The number of benzene rings is 4. The molecule has 0 radical (unpaired) electrons. The normalized spacial score (nSPS) is 14.9. The number of nitrogens with one attached hydrogen (secondary N) is 1. The van der Waals surface area contributed by atoms with Crippen molar-refractivity contribution >= 4 is 28.1 Å². The summed E-state index contributed by atoms with van der Waals surface area (Å²) in [6, 6.07) is 22.5. The van der Waals surface area contributed by atoms with Gasteiger partial charge in [-0.25, -0.2) is 18.8 Å². The molecule has 38 heavy (non-hydrogen) atoms. The molecule has 192 valence electrons. The highest BCUT2D eigenvalue weighted by Gasteiger charge is 2.16. The third-order valence-electron chi connectivity index (χ3n) is 6.81. The summed E-state index contributed by atoms with van der Waals surface area (Å²) in [6.07, 6.45) is 0. The topological polar surface area (TPSA) is 54.7 Å². The minimum absolute atomic E-state index is 0.307. The average molecular weight is 512 g/mol. The third kappa shape index (κ3) is 5.14. The number of ether oxygens (including phenoxy) is 1. The second-order valence-electron chi connectivity index (χ2n) is 9.46. The zero-order valence-corrected chi connectivity index (χ0v) is 21.0. The highest BCUT2D eigenvalue weighted by atomic mass is 19.1. The molecular formula is C30H27F2N5O. The number of rotatable bonds is 5. The Bertz CT molecular complexity index is 1620. The van der Waals surface area contributed by atoms with Crippen LogP contribution in [0.25, 0.3) is 22.4 Å². The van der Waals surface area contributed by atoms with Gasteiger partial charge in [0.25, 0.3) is 0 Å². The Labute approximate surface area is 219 Å². The quantitative estimate of drug-likeness (QED) is 0.305. The van der Waals surface area contributed by atoms with Crippen LogP contribution in [0.5, 0.6) is 0 Å². The number of fused-ring (bicyclic) bond motifs is 2. The predicted octanol–water partition coefficient (Wildman–Crippen LogP) is 5.76. The summed E-state index contributed by atoms with van der Waals surface area (Å²) in [4.78, 5) is 12.2. The first-order chi connectivity index (χ1) is 18.5. The summed E-state index contributed by atoms with van der Waals surface area (Å²) in [5, 5.41) is 4.02. The van der Waals surface area contributed by atoms with Crippen molar-refractivity contribution in [2.45, 2.75) is 6.54 Å². The lowest BCUT2D eigenvalue weighted by Crippen LogP contribution is -2.35. The van der Waals surface area contributed by atoms with Crippen LogP contribution in [-0.2, 0) is 18.3 Å². The molecule has 0 saturated carbocycles. The Kier molecular flexibility index (Phi) is 6.57. The molecule has 3 aromatic carbocycles. The lowest BCUT2D eigenvalue weighted by atomic mass is 10.1. The monoisotopic (exact) mass is 511 g/mol. The maximum absolute atomic E-state index is 13.5. The van der Waals surface area contributed by atoms with E-state index in [1.165, 1.54) is 29.8 Å². The Hall–Kier alpha value is -4.14. The van der Waals surface area contributed by atoms with E-state index in [0.29, 0.717) is 16.7 Å². The van der Waals surface area contributed by atoms with Crippen LogP contribution in [0.15, 0.2) is 83.9 Å². The number of halogens is 2. The van der Waals surface area contributed by atoms with Crippen molar-refractivity contribution in [3.63, 3.8) is 0 Å². The number of morpholine rings is 1. The summed E-state index contributed by atoms with van der Waals surface area (Å²) in [7, 11) is 2.02. The van der Waals surface area contributed by atoms with E-state index in [4.69, 9.17) is 14.7 Å². The van der Waals surface area contributed by atoms with Crippen molar-refractivity contribution in [3.8, 4) is 11.4 Å². The zero-order chi connectivity index (χ0) is 26.1. The molecule has 3 aromatic rings. The molecule has 3 aliphatic rings. The SMILES string of the molecule is Cn1c2cc(=Nc3ccc(F)cc3)c(Nc3ccc(F)cc3)cc-2nc2cc(CN3CCOCC3)ccc21. The molecule has 0 spiro atoms. The minimum atomic E-state index is -0.317. The first-order valence-corrected chi connectivity index (χ1v) is 12.6. The van der Waals surface area contributed by atoms with Gasteiger partial charge in [0, 0.05) is 32.4 Å². The highest BCUT2D eigenvalue weighted by molar-refractivity contribution is 5.82. The lowest BCUT2D eigenvalue weighted by Gasteiger charge is -2.26. The molecule has 2 aliphatic heterocycles.